The largest absolute Gasteiger partial charge is 0.356 e. The van der Waals surface area contributed by atoms with Crippen LogP contribution in [0, 0.1) is 12.8 Å². The summed E-state index contributed by atoms with van der Waals surface area (Å²) in [6.07, 6.45) is 13.1. The predicted molar refractivity (Wildman–Crippen MR) is 72.6 cm³/mol. The molecule has 1 rings (SSSR count). The Morgan fingerprint density at radius 2 is 1.76 bits per heavy atom. The summed E-state index contributed by atoms with van der Waals surface area (Å²) in [6.45, 7) is 4.73. The highest BCUT2D eigenvalue weighted by Gasteiger charge is 2.13. The lowest BCUT2D eigenvalue weighted by atomic mass is 9.89. The molecule has 0 bridgehead atoms. The van der Waals surface area contributed by atoms with Gasteiger partial charge in [0.1, 0.15) is 0 Å². The van der Waals surface area contributed by atoms with E-state index in [-0.39, 0.29) is 5.91 Å². The second-order valence-corrected chi connectivity index (χ2v) is 5.33. The van der Waals surface area contributed by atoms with Crippen molar-refractivity contribution in [2.75, 3.05) is 6.54 Å². The van der Waals surface area contributed by atoms with Gasteiger partial charge in [-0.3, -0.25) is 4.79 Å². The summed E-state index contributed by atoms with van der Waals surface area (Å²) < 4.78 is 0. The standard InChI is InChI=1S/C15H28NO/c1-2-3-4-5-9-12-15(17)16-13-14-10-7-6-8-11-14/h14H,1-13H2,(H,16,17). The number of unbranched alkanes of at least 4 members (excludes halogenated alkanes) is 4. The van der Waals surface area contributed by atoms with E-state index in [9.17, 15) is 4.79 Å². The number of carbonyl (C=O) groups is 1. The molecule has 2 nitrogen and oxygen atoms in total. The van der Waals surface area contributed by atoms with E-state index >= 15 is 0 Å². The minimum atomic E-state index is 0.255. The molecule has 1 saturated carbocycles. The Hall–Kier alpha value is -0.530. The fourth-order valence-electron chi connectivity index (χ4n) is 2.55. The fraction of sp³-hybridized carbons (Fsp3) is 0.867. The van der Waals surface area contributed by atoms with Crippen LogP contribution in [-0.4, -0.2) is 12.5 Å². The molecule has 99 valence electrons. The third kappa shape index (κ3) is 7.40. The van der Waals surface area contributed by atoms with Gasteiger partial charge in [0.2, 0.25) is 5.91 Å². The van der Waals surface area contributed by atoms with E-state index in [0.29, 0.717) is 6.42 Å². The summed E-state index contributed by atoms with van der Waals surface area (Å²) >= 11 is 0. The zero-order valence-electron chi connectivity index (χ0n) is 11.2. The third-order valence-corrected chi connectivity index (χ3v) is 3.72. The Labute approximate surface area is 107 Å². The number of nitrogens with one attached hydrogen (secondary N) is 1. The topological polar surface area (TPSA) is 29.1 Å². The van der Waals surface area contributed by atoms with Gasteiger partial charge >= 0.3 is 0 Å². The molecular weight excluding hydrogens is 210 g/mol. The van der Waals surface area contributed by atoms with Crippen LogP contribution < -0.4 is 5.32 Å². The maximum absolute atomic E-state index is 11.6. The average molecular weight is 238 g/mol. The lowest BCUT2D eigenvalue weighted by Gasteiger charge is -2.21. The molecule has 1 fully saturated rings. The minimum Gasteiger partial charge on any atom is -0.356 e. The van der Waals surface area contributed by atoms with Crippen molar-refractivity contribution in [1.29, 1.82) is 0 Å². The Balaban J connectivity index is 1.93. The monoisotopic (exact) mass is 238 g/mol. The van der Waals surface area contributed by atoms with Crippen molar-refractivity contribution in [3.05, 3.63) is 6.92 Å². The summed E-state index contributed by atoms with van der Waals surface area (Å²) in [5.74, 6) is 1.00. The smallest absolute Gasteiger partial charge is 0.220 e. The number of rotatable bonds is 8. The van der Waals surface area contributed by atoms with Gasteiger partial charge in [0, 0.05) is 13.0 Å². The molecule has 0 spiro atoms. The van der Waals surface area contributed by atoms with E-state index in [1.165, 1.54) is 51.4 Å². The number of carbonyl (C=O) groups excluding carboxylic acids is 1. The van der Waals surface area contributed by atoms with Crippen molar-refractivity contribution in [3.8, 4) is 0 Å². The van der Waals surface area contributed by atoms with Gasteiger partial charge in [0.05, 0.1) is 0 Å². The van der Waals surface area contributed by atoms with E-state index in [1.807, 2.05) is 0 Å². The molecule has 0 unspecified atom stereocenters. The third-order valence-electron chi connectivity index (χ3n) is 3.72. The molecule has 1 N–H and O–H groups in total. The van der Waals surface area contributed by atoms with E-state index in [0.717, 1.165) is 25.3 Å². The van der Waals surface area contributed by atoms with Crippen LogP contribution >= 0.6 is 0 Å². The first-order valence-electron chi connectivity index (χ1n) is 7.39. The van der Waals surface area contributed by atoms with E-state index in [1.54, 1.807) is 0 Å². The van der Waals surface area contributed by atoms with Gasteiger partial charge in [-0.1, -0.05) is 51.9 Å². The van der Waals surface area contributed by atoms with Crippen molar-refractivity contribution in [3.63, 3.8) is 0 Å². The Morgan fingerprint density at radius 3 is 2.47 bits per heavy atom. The SMILES string of the molecule is [CH2]CCCCCCC(=O)NCC1CCCCC1. The highest BCUT2D eigenvalue weighted by atomic mass is 16.1. The van der Waals surface area contributed by atoms with Crippen molar-refractivity contribution in [2.24, 2.45) is 5.92 Å². The van der Waals surface area contributed by atoms with Gasteiger partial charge in [-0.15, -0.1) is 0 Å². The van der Waals surface area contributed by atoms with Crippen LogP contribution in [0.2, 0.25) is 0 Å². The normalized spacial score (nSPS) is 17.0. The number of hydrogen-bond donors (Lipinski definition) is 1. The molecule has 1 radical (unpaired) electrons. The molecule has 1 aliphatic carbocycles. The second kappa shape index (κ2) is 9.49. The summed E-state index contributed by atoms with van der Waals surface area (Å²) in [6, 6.07) is 0. The molecule has 0 saturated heterocycles. The summed E-state index contributed by atoms with van der Waals surface area (Å²) in [5, 5.41) is 3.09. The molecule has 17 heavy (non-hydrogen) atoms. The fourth-order valence-corrected chi connectivity index (χ4v) is 2.55. The first-order valence-corrected chi connectivity index (χ1v) is 7.39. The van der Waals surface area contributed by atoms with Gasteiger partial charge in [0.25, 0.3) is 0 Å². The Morgan fingerprint density at radius 1 is 1.06 bits per heavy atom. The predicted octanol–water partition coefficient (Wildman–Crippen LogP) is 3.86. The first kappa shape index (κ1) is 14.5. The molecule has 2 heteroatoms. The maximum atomic E-state index is 11.6. The maximum Gasteiger partial charge on any atom is 0.220 e. The first-order chi connectivity index (χ1) is 8.33. The number of amides is 1. The van der Waals surface area contributed by atoms with Crippen LogP contribution in [0.25, 0.3) is 0 Å². The van der Waals surface area contributed by atoms with Crippen LogP contribution in [0.5, 0.6) is 0 Å². The zero-order chi connectivity index (χ0) is 12.3. The van der Waals surface area contributed by atoms with Crippen molar-refractivity contribution in [2.45, 2.75) is 70.6 Å². The van der Waals surface area contributed by atoms with E-state index < -0.39 is 0 Å². The zero-order valence-corrected chi connectivity index (χ0v) is 11.2. The minimum absolute atomic E-state index is 0.255. The van der Waals surface area contributed by atoms with Crippen molar-refractivity contribution < 1.29 is 4.79 Å². The molecule has 0 aromatic carbocycles. The molecule has 0 aromatic rings. The van der Waals surface area contributed by atoms with Crippen molar-refractivity contribution in [1.82, 2.24) is 5.32 Å². The van der Waals surface area contributed by atoms with E-state index in [2.05, 4.69) is 12.2 Å². The van der Waals surface area contributed by atoms with Gasteiger partial charge in [-0.2, -0.15) is 0 Å². The Kier molecular flexibility index (Phi) is 8.12. The van der Waals surface area contributed by atoms with Gasteiger partial charge in [0.15, 0.2) is 0 Å². The Bertz CT molecular complexity index is 197. The van der Waals surface area contributed by atoms with Crippen LogP contribution in [0.3, 0.4) is 0 Å². The quantitative estimate of drug-likeness (QED) is 0.639. The second-order valence-electron chi connectivity index (χ2n) is 5.33. The summed E-state index contributed by atoms with van der Waals surface area (Å²) in [7, 11) is 0. The van der Waals surface area contributed by atoms with Gasteiger partial charge < -0.3 is 5.32 Å². The molecule has 1 aliphatic rings. The lowest BCUT2D eigenvalue weighted by molar-refractivity contribution is -0.121. The molecule has 1 amide bonds. The van der Waals surface area contributed by atoms with Crippen molar-refractivity contribution >= 4 is 5.91 Å². The summed E-state index contributed by atoms with van der Waals surface area (Å²) in [4.78, 5) is 11.6. The highest BCUT2D eigenvalue weighted by molar-refractivity contribution is 5.75. The molecule has 0 heterocycles. The highest BCUT2D eigenvalue weighted by Crippen LogP contribution is 2.22. The summed E-state index contributed by atoms with van der Waals surface area (Å²) in [5.41, 5.74) is 0. The van der Waals surface area contributed by atoms with E-state index in [4.69, 9.17) is 0 Å². The molecular formula is C15H28NO. The number of hydrogen-bond acceptors (Lipinski definition) is 1. The molecule has 0 aliphatic heterocycles. The molecule has 0 aromatic heterocycles. The van der Waals surface area contributed by atoms with Gasteiger partial charge in [-0.05, 0) is 25.2 Å². The van der Waals surface area contributed by atoms with Gasteiger partial charge in [-0.25, -0.2) is 0 Å². The van der Waals surface area contributed by atoms with Crippen LogP contribution in [-0.2, 0) is 4.79 Å². The lowest BCUT2D eigenvalue weighted by Crippen LogP contribution is -2.29. The molecule has 0 atom stereocenters. The van der Waals surface area contributed by atoms with Crippen LogP contribution in [0.1, 0.15) is 70.6 Å². The average Bonchev–Trinajstić information content (AvgIpc) is 2.37. The van der Waals surface area contributed by atoms with Crippen LogP contribution in [0.4, 0.5) is 0 Å². The van der Waals surface area contributed by atoms with Crippen LogP contribution in [0.15, 0.2) is 0 Å².